The summed E-state index contributed by atoms with van der Waals surface area (Å²) in [6.45, 7) is 0.686. The van der Waals surface area contributed by atoms with Crippen molar-refractivity contribution in [3.8, 4) is 0 Å². The minimum absolute atomic E-state index is 0.0916. The van der Waals surface area contributed by atoms with Crippen molar-refractivity contribution in [2.75, 3.05) is 6.61 Å². The molecule has 1 N–H and O–H groups in total. The fourth-order valence-corrected chi connectivity index (χ4v) is 2.69. The maximum Gasteiger partial charge on any atom is 0.255 e. The van der Waals surface area contributed by atoms with E-state index in [9.17, 15) is 9.18 Å². The van der Waals surface area contributed by atoms with Crippen LogP contribution >= 0.6 is 0 Å². The lowest BCUT2D eigenvalue weighted by Crippen LogP contribution is -2.36. The highest BCUT2D eigenvalue weighted by molar-refractivity contribution is 5.94. The summed E-state index contributed by atoms with van der Waals surface area (Å²) in [5.41, 5.74) is 1.33. The number of aromatic nitrogens is 2. The molecule has 1 amide bonds. The number of hydrogen-bond acceptors (Lipinski definition) is 3. The fraction of sp³-hybridized carbons (Fsp3) is 0.375. The third-order valence-electron chi connectivity index (χ3n) is 3.82. The Hall–Kier alpha value is -2.21. The largest absolute Gasteiger partial charge is 0.376 e. The van der Waals surface area contributed by atoms with E-state index in [4.69, 9.17) is 4.74 Å². The van der Waals surface area contributed by atoms with E-state index >= 15 is 0 Å². The molecule has 116 valence electrons. The Bertz CT molecular complexity index is 648. The van der Waals surface area contributed by atoms with Crippen molar-refractivity contribution < 1.29 is 13.9 Å². The molecule has 3 rings (SSSR count). The molecule has 0 bridgehead atoms. The summed E-state index contributed by atoms with van der Waals surface area (Å²) >= 11 is 0. The summed E-state index contributed by atoms with van der Waals surface area (Å²) in [5.74, 6) is -0.508. The molecule has 1 fully saturated rings. The van der Waals surface area contributed by atoms with Crippen LogP contribution in [-0.2, 0) is 11.8 Å². The van der Waals surface area contributed by atoms with Crippen molar-refractivity contribution in [3.05, 3.63) is 53.6 Å². The molecule has 6 heteroatoms. The molecule has 0 saturated carbocycles. The molecule has 1 aliphatic rings. The lowest BCUT2D eigenvalue weighted by Gasteiger charge is -2.24. The lowest BCUT2D eigenvalue weighted by atomic mass is 9.99. The third kappa shape index (κ3) is 3.17. The highest BCUT2D eigenvalue weighted by atomic mass is 19.1. The molecule has 5 nitrogen and oxygen atoms in total. The zero-order chi connectivity index (χ0) is 15.5. The van der Waals surface area contributed by atoms with Crippen LogP contribution in [0.25, 0.3) is 0 Å². The number of nitrogens with one attached hydrogen (secondary N) is 1. The molecule has 0 radical (unpaired) electrons. The van der Waals surface area contributed by atoms with Crippen molar-refractivity contribution in [3.63, 3.8) is 0 Å². The highest BCUT2D eigenvalue weighted by Gasteiger charge is 2.29. The van der Waals surface area contributed by atoms with Crippen molar-refractivity contribution >= 4 is 5.91 Å². The normalized spacial score (nSPS) is 19.1. The van der Waals surface area contributed by atoms with E-state index in [1.807, 2.05) is 0 Å². The first-order valence-corrected chi connectivity index (χ1v) is 7.30. The van der Waals surface area contributed by atoms with Crippen LogP contribution in [-0.4, -0.2) is 28.4 Å². The number of carbonyl (C=O) groups is 1. The van der Waals surface area contributed by atoms with Gasteiger partial charge in [-0.1, -0.05) is 12.1 Å². The smallest absolute Gasteiger partial charge is 0.255 e. The minimum atomic E-state index is -0.298. The van der Waals surface area contributed by atoms with Crippen LogP contribution < -0.4 is 5.32 Å². The molecular formula is C16H18FN3O2. The third-order valence-corrected chi connectivity index (χ3v) is 3.82. The maximum absolute atomic E-state index is 13.1. The van der Waals surface area contributed by atoms with Gasteiger partial charge in [0.25, 0.3) is 5.91 Å². The van der Waals surface area contributed by atoms with Crippen LogP contribution in [0.3, 0.4) is 0 Å². The summed E-state index contributed by atoms with van der Waals surface area (Å²) in [5, 5.41) is 6.99. The van der Waals surface area contributed by atoms with Gasteiger partial charge >= 0.3 is 0 Å². The topological polar surface area (TPSA) is 56.2 Å². The van der Waals surface area contributed by atoms with E-state index < -0.39 is 0 Å². The van der Waals surface area contributed by atoms with Gasteiger partial charge in [-0.2, -0.15) is 5.10 Å². The molecule has 1 saturated heterocycles. The van der Waals surface area contributed by atoms with Gasteiger partial charge in [-0.15, -0.1) is 0 Å². The van der Waals surface area contributed by atoms with Crippen LogP contribution in [0.15, 0.2) is 36.7 Å². The van der Waals surface area contributed by atoms with Crippen LogP contribution in [0.2, 0.25) is 0 Å². The first-order valence-electron chi connectivity index (χ1n) is 7.30. The molecule has 2 heterocycles. The average molecular weight is 303 g/mol. The van der Waals surface area contributed by atoms with Crippen molar-refractivity contribution in [1.29, 1.82) is 0 Å². The zero-order valence-electron chi connectivity index (χ0n) is 12.3. The molecule has 0 spiro atoms. The number of halogens is 1. The monoisotopic (exact) mass is 303 g/mol. The fourth-order valence-electron chi connectivity index (χ4n) is 2.69. The van der Waals surface area contributed by atoms with Gasteiger partial charge in [-0.3, -0.25) is 9.48 Å². The van der Waals surface area contributed by atoms with Crippen molar-refractivity contribution in [2.24, 2.45) is 7.05 Å². The van der Waals surface area contributed by atoms with E-state index in [2.05, 4.69) is 10.4 Å². The number of amides is 1. The molecule has 2 atom stereocenters. The Morgan fingerprint density at radius 2 is 2.23 bits per heavy atom. The van der Waals surface area contributed by atoms with Crippen molar-refractivity contribution in [2.45, 2.75) is 25.0 Å². The van der Waals surface area contributed by atoms with Gasteiger partial charge in [0.1, 0.15) is 5.82 Å². The molecule has 0 aliphatic carbocycles. The van der Waals surface area contributed by atoms with Gasteiger partial charge in [-0.25, -0.2) is 4.39 Å². The number of aryl methyl sites for hydroxylation is 1. The Morgan fingerprint density at radius 3 is 2.82 bits per heavy atom. The number of benzene rings is 1. The molecule has 1 aromatic heterocycles. The maximum atomic E-state index is 13.1. The molecule has 2 aromatic rings. The van der Waals surface area contributed by atoms with Gasteiger partial charge in [0.15, 0.2) is 0 Å². The summed E-state index contributed by atoms with van der Waals surface area (Å²) in [4.78, 5) is 12.4. The second-order valence-corrected chi connectivity index (χ2v) is 5.46. The number of ether oxygens (including phenoxy) is 1. The minimum Gasteiger partial charge on any atom is -0.376 e. The zero-order valence-corrected chi connectivity index (χ0v) is 12.3. The molecular weight excluding hydrogens is 285 g/mol. The first kappa shape index (κ1) is 14.7. The standard InChI is InChI=1S/C16H18FN3O2/c1-20-10-12(9-18-20)16(21)19-15(14-3-2-8-22-14)11-4-6-13(17)7-5-11/h4-7,9-10,14-15H,2-3,8H2,1H3,(H,19,21)/t14-,15-/m1/s1. The van der Waals surface area contributed by atoms with Gasteiger partial charge < -0.3 is 10.1 Å². The average Bonchev–Trinajstić information content (AvgIpc) is 3.17. The Labute approximate surface area is 128 Å². The molecule has 0 unspecified atom stereocenters. The van der Waals surface area contributed by atoms with Crippen molar-refractivity contribution in [1.82, 2.24) is 15.1 Å². The van der Waals surface area contributed by atoms with Gasteiger partial charge in [0, 0.05) is 19.9 Å². The molecule has 22 heavy (non-hydrogen) atoms. The Kier molecular flexibility index (Phi) is 4.20. The van der Waals surface area contributed by atoms with Crippen LogP contribution in [0.4, 0.5) is 4.39 Å². The number of carbonyl (C=O) groups excluding carboxylic acids is 1. The second kappa shape index (κ2) is 6.27. The van der Waals surface area contributed by atoms with Gasteiger partial charge in [0.05, 0.1) is 23.9 Å². The number of nitrogens with zero attached hydrogens (tertiary/aromatic N) is 2. The molecule has 1 aromatic carbocycles. The van der Waals surface area contributed by atoms with Crippen LogP contribution in [0.1, 0.15) is 34.8 Å². The van der Waals surface area contributed by atoms with E-state index in [0.717, 1.165) is 18.4 Å². The summed E-state index contributed by atoms with van der Waals surface area (Å²) < 4.78 is 20.4. The van der Waals surface area contributed by atoms with Crippen LogP contribution in [0, 0.1) is 5.82 Å². The summed E-state index contributed by atoms with van der Waals surface area (Å²) in [6.07, 6.45) is 4.92. The Balaban J connectivity index is 1.82. The Morgan fingerprint density at radius 1 is 1.45 bits per heavy atom. The number of rotatable bonds is 4. The predicted molar refractivity (Wildman–Crippen MR) is 78.8 cm³/mol. The summed E-state index contributed by atoms with van der Waals surface area (Å²) in [7, 11) is 1.76. The second-order valence-electron chi connectivity index (χ2n) is 5.46. The summed E-state index contributed by atoms with van der Waals surface area (Å²) in [6, 6.07) is 5.87. The van der Waals surface area contributed by atoms with E-state index in [1.54, 1.807) is 30.1 Å². The quantitative estimate of drug-likeness (QED) is 0.942. The van der Waals surface area contributed by atoms with Crippen LogP contribution in [0.5, 0.6) is 0 Å². The van der Waals surface area contributed by atoms with E-state index in [0.29, 0.717) is 12.2 Å². The predicted octanol–water partition coefficient (Wildman–Crippen LogP) is 2.21. The van der Waals surface area contributed by atoms with E-state index in [1.165, 1.54) is 18.3 Å². The number of hydrogen-bond donors (Lipinski definition) is 1. The molecule has 1 aliphatic heterocycles. The first-order chi connectivity index (χ1) is 10.6. The highest BCUT2D eigenvalue weighted by Crippen LogP contribution is 2.27. The van der Waals surface area contributed by atoms with Gasteiger partial charge in [-0.05, 0) is 30.5 Å². The van der Waals surface area contributed by atoms with Gasteiger partial charge in [0.2, 0.25) is 0 Å². The van der Waals surface area contributed by atoms with E-state index in [-0.39, 0.29) is 23.9 Å². The SMILES string of the molecule is Cn1cc(C(=O)N[C@H](c2ccc(F)cc2)[C@H]2CCCO2)cn1. The lowest BCUT2D eigenvalue weighted by molar-refractivity contribution is 0.0672.